The second-order valence-corrected chi connectivity index (χ2v) is 4.43. The molecule has 0 aromatic carbocycles. The van der Waals surface area contributed by atoms with Gasteiger partial charge >= 0.3 is 0 Å². The number of carbonyl (C=O) groups is 1. The van der Waals surface area contributed by atoms with E-state index >= 15 is 0 Å². The van der Waals surface area contributed by atoms with Gasteiger partial charge in [-0.15, -0.1) is 0 Å². The Balaban J connectivity index is 3.01. The molecule has 94 valence electrons. The van der Waals surface area contributed by atoms with Gasteiger partial charge in [-0.25, -0.2) is 4.98 Å². The monoisotopic (exact) mass is 236 g/mol. The van der Waals surface area contributed by atoms with Crippen LogP contribution in [0.2, 0.25) is 0 Å². The van der Waals surface area contributed by atoms with Crippen LogP contribution in [-0.4, -0.2) is 16.9 Å². The smallest absolute Gasteiger partial charge is 0.252 e. The van der Waals surface area contributed by atoms with Gasteiger partial charge in [0.15, 0.2) is 0 Å². The molecular weight excluding hydrogens is 216 g/mol. The summed E-state index contributed by atoms with van der Waals surface area (Å²) >= 11 is 0. The van der Waals surface area contributed by atoms with E-state index in [0.29, 0.717) is 23.0 Å². The Morgan fingerprint density at radius 1 is 1.53 bits per heavy atom. The van der Waals surface area contributed by atoms with Crippen molar-refractivity contribution in [1.29, 1.82) is 0 Å². The molecule has 1 atom stereocenters. The van der Waals surface area contributed by atoms with Crippen LogP contribution in [0.3, 0.4) is 0 Å². The lowest BCUT2D eigenvalue weighted by atomic mass is 10.0. The minimum absolute atomic E-state index is 0.254. The minimum Gasteiger partial charge on any atom is -0.397 e. The fourth-order valence-electron chi connectivity index (χ4n) is 1.70. The summed E-state index contributed by atoms with van der Waals surface area (Å²) in [6, 6.07) is 1.80. The Morgan fingerprint density at radius 3 is 2.65 bits per heavy atom. The predicted octanol–water partition coefficient (Wildman–Crippen LogP) is 1.61. The normalized spacial score (nSPS) is 12.5. The van der Waals surface area contributed by atoms with Gasteiger partial charge in [0.05, 0.1) is 17.4 Å². The third kappa shape index (κ3) is 3.34. The van der Waals surface area contributed by atoms with Gasteiger partial charge in [-0.1, -0.05) is 20.8 Å². The van der Waals surface area contributed by atoms with Crippen LogP contribution < -0.4 is 16.8 Å². The maximum Gasteiger partial charge on any atom is 0.252 e. The van der Waals surface area contributed by atoms with Gasteiger partial charge in [-0.05, 0) is 18.4 Å². The predicted molar refractivity (Wildman–Crippen MR) is 69.7 cm³/mol. The number of primary amides is 1. The minimum atomic E-state index is -0.522. The Kier molecular flexibility index (Phi) is 4.31. The number of nitrogens with zero attached hydrogens (tertiary/aromatic N) is 1. The molecule has 1 rings (SSSR count). The van der Waals surface area contributed by atoms with Gasteiger partial charge in [-0.3, -0.25) is 4.79 Å². The van der Waals surface area contributed by atoms with Crippen LogP contribution in [0.15, 0.2) is 12.3 Å². The lowest BCUT2D eigenvalue weighted by molar-refractivity contribution is 0.100. The molecule has 5 heteroatoms. The number of anilines is 2. The highest BCUT2D eigenvalue weighted by Crippen LogP contribution is 2.19. The maximum absolute atomic E-state index is 11.3. The first kappa shape index (κ1) is 13.3. The first-order valence-corrected chi connectivity index (χ1v) is 5.77. The molecule has 0 aliphatic carbocycles. The van der Waals surface area contributed by atoms with Crippen molar-refractivity contribution in [2.75, 3.05) is 11.1 Å². The molecule has 1 amide bonds. The van der Waals surface area contributed by atoms with Gasteiger partial charge in [0.1, 0.15) is 5.82 Å². The van der Waals surface area contributed by atoms with Gasteiger partial charge in [0, 0.05) is 6.04 Å². The van der Waals surface area contributed by atoms with Crippen molar-refractivity contribution in [3.05, 3.63) is 17.8 Å². The molecule has 5 N–H and O–H groups in total. The molecule has 1 aromatic heterocycles. The zero-order valence-electron chi connectivity index (χ0n) is 10.5. The molecule has 0 aliphatic rings. The van der Waals surface area contributed by atoms with E-state index in [1.54, 1.807) is 6.07 Å². The highest BCUT2D eigenvalue weighted by atomic mass is 16.1. The summed E-state index contributed by atoms with van der Waals surface area (Å²) in [5.74, 6) is 0.429. The summed E-state index contributed by atoms with van der Waals surface area (Å²) in [6.07, 6.45) is 2.46. The molecule has 0 bridgehead atoms. The summed E-state index contributed by atoms with van der Waals surface area (Å²) in [4.78, 5) is 15.4. The fraction of sp³-hybridized carbons (Fsp3) is 0.500. The fourth-order valence-corrected chi connectivity index (χ4v) is 1.70. The van der Waals surface area contributed by atoms with Crippen molar-refractivity contribution in [2.24, 2.45) is 11.7 Å². The highest BCUT2D eigenvalue weighted by Gasteiger charge is 2.16. The second kappa shape index (κ2) is 5.52. The summed E-state index contributed by atoms with van der Waals surface area (Å²) in [7, 11) is 0. The summed E-state index contributed by atoms with van der Waals surface area (Å²) < 4.78 is 0. The molecule has 0 aliphatic heterocycles. The SMILES string of the molecule is CCC(Nc1ncc(N)cc1C(N)=O)C(C)C. The lowest BCUT2D eigenvalue weighted by Crippen LogP contribution is -2.27. The highest BCUT2D eigenvalue weighted by molar-refractivity contribution is 5.98. The van der Waals surface area contributed by atoms with Gasteiger partial charge in [0.25, 0.3) is 5.91 Å². The molecule has 1 unspecified atom stereocenters. The van der Waals surface area contributed by atoms with Crippen molar-refractivity contribution in [2.45, 2.75) is 33.2 Å². The molecular formula is C12H20N4O. The number of rotatable bonds is 5. The Morgan fingerprint density at radius 2 is 2.18 bits per heavy atom. The number of pyridine rings is 1. The van der Waals surface area contributed by atoms with E-state index in [9.17, 15) is 4.79 Å². The van der Waals surface area contributed by atoms with E-state index in [1.165, 1.54) is 6.20 Å². The molecule has 0 fully saturated rings. The molecule has 17 heavy (non-hydrogen) atoms. The van der Waals surface area contributed by atoms with E-state index in [-0.39, 0.29) is 6.04 Å². The van der Waals surface area contributed by atoms with Crippen LogP contribution in [0.25, 0.3) is 0 Å². The van der Waals surface area contributed by atoms with Gasteiger partial charge in [0.2, 0.25) is 0 Å². The molecule has 0 saturated heterocycles. The van der Waals surface area contributed by atoms with Crippen LogP contribution in [0, 0.1) is 5.92 Å². The quantitative estimate of drug-likeness (QED) is 0.724. The summed E-state index contributed by atoms with van der Waals surface area (Å²) in [5.41, 5.74) is 11.7. The topological polar surface area (TPSA) is 94.0 Å². The molecule has 0 radical (unpaired) electrons. The number of carbonyl (C=O) groups excluding carboxylic acids is 1. The van der Waals surface area contributed by atoms with Crippen molar-refractivity contribution in [1.82, 2.24) is 4.98 Å². The maximum atomic E-state index is 11.3. The van der Waals surface area contributed by atoms with Crippen molar-refractivity contribution in [3.63, 3.8) is 0 Å². The first-order valence-electron chi connectivity index (χ1n) is 5.77. The average Bonchev–Trinajstić information content (AvgIpc) is 2.26. The zero-order chi connectivity index (χ0) is 13.0. The number of nitrogen functional groups attached to an aromatic ring is 1. The molecule has 0 spiro atoms. The standard InChI is InChI=1S/C12H20N4O/c1-4-10(7(2)3)16-12-9(11(14)17)5-8(13)6-15-12/h5-7,10H,4,13H2,1-3H3,(H2,14,17)(H,15,16). The molecule has 0 saturated carbocycles. The zero-order valence-corrected chi connectivity index (χ0v) is 10.5. The number of aromatic nitrogens is 1. The third-order valence-corrected chi connectivity index (χ3v) is 2.74. The van der Waals surface area contributed by atoms with Crippen molar-refractivity contribution < 1.29 is 4.79 Å². The number of nitrogens with two attached hydrogens (primary N) is 2. The van der Waals surface area contributed by atoms with Crippen LogP contribution in [0.1, 0.15) is 37.6 Å². The largest absolute Gasteiger partial charge is 0.397 e. The van der Waals surface area contributed by atoms with E-state index in [1.807, 2.05) is 0 Å². The Hall–Kier alpha value is -1.78. The number of hydrogen-bond acceptors (Lipinski definition) is 4. The molecule has 1 aromatic rings. The van der Waals surface area contributed by atoms with Crippen LogP contribution in [-0.2, 0) is 0 Å². The van der Waals surface area contributed by atoms with Gasteiger partial charge < -0.3 is 16.8 Å². The van der Waals surface area contributed by atoms with Crippen LogP contribution >= 0.6 is 0 Å². The second-order valence-electron chi connectivity index (χ2n) is 4.43. The van der Waals surface area contributed by atoms with Crippen LogP contribution in [0.5, 0.6) is 0 Å². The van der Waals surface area contributed by atoms with E-state index < -0.39 is 5.91 Å². The van der Waals surface area contributed by atoms with E-state index in [2.05, 4.69) is 31.1 Å². The molecule has 5 nitrogen and oxygen atoms in total. The first-order chi connectivity index (χ1) is 7.95. The average molecular weight is 236 g/mol. The number of hydrogen-bond donors (Lipinski definition) is 3. The number of amides is 1. The van der Waals surface area contributed by atoms with Crippen molar-refractivity contribution >= 4 is 17.4 Å². The van der Waals surface area contributed by atoms with Crippen molar-refractivity contribution in [3.8, 4) is 0 Å². The van der Waals surface area contributed by atoms with E-state index in [0.717, 1.165) is 6.42 Å². The lowest BCUT2D eigenvalue weighted by Gasteiger charge is -2.22. The van der Waals surface area contributed by atoms with Crippen LogP contribution in [0.4, 0.5) is 11.5 Å². The molecule has 1 heterocycles. The Labute approximate surface area is 102 Å². The number of nitrogens with one attached hydrogen (secondary N) is 1. The summed E-state index contributed by atoms with van der Waals surface area (Å²) in [5, 5.41) is 3.24. The van der Waals surface area contributed by atoms with E-state index in [4.69, 9.17) is 11.5 Å². The van der Waals surface area contributed by atoms with Gasteiger partial charge in [-0.2, -0.15) is 0 Å². The Bertz CT molecular complexity index is 403. The summed E-state index contributed by atoms with van der Waals surface area (Å²) in [6.45, 7) is 6.31. The third-order valence-electron chi connectivity index (χ3n) is 2.74.